The summed E-state index contributed by atoms with van der Waals surface area (Å²) >= 11 is 1.30. The molecule has 0 saturated carbocycles. The molecule has 0 saturated heterocycles. The summed E-state index contributed by atoms with van der Waals surface area (Å²) in [6.07, 6.45) is 0.539. The van der Waals surface area contributed by atoms with Crippen LogP contribution < -0.4 is 5.32 Å². The van der Waals surface area contributed by atoms with Gasteiger partial charge in [0.2, 0.25) is 0 Å². The molecule has 0 radical (unpaired) electrons. The lowest BCUT2D eigenvalue weighted by Gasteiger charge is -2.28. The Kier molecular flexibility index (Phi) is 6.61. The van der Waals surface area contributed by atoms with Crippen LogP contribution >= 0.6 is 11.3 Å². The Balaban J connectivity index is 2.45. The number of carboxylic acid groups (broad SMARTS) is 1. The summed E-state index contributed by atoms with van der Waals surface area (Å²) in [6, 6.07) is 0.0552. The zero-order valence-corrected chi connectivity index (χ0v) is 13.7. The highest BCUT2D eigenvalue weighted by molar-refractivity contribution is 7.09. The highest BCUT2D eigenvalue weighted by Gasteiger charge is 2.17. The number of nitrogens with zero attached hydrogens (tertiary/aromatic N) is 2. The first-order valence-electron chi connectivity index (χ1n) is 7.03. The van der Waals surface area contributed by atoms with Gasteiger partial charge in [-0.3, -0.25) is 0 Å². The molecule has 1 heterocycles. The number of nitrogens with one attached hydrogen (secondary N) is 1. The molecule has 6 nitrogen and oxygen atoms in total. The van der Waals surface area contributed by atoms with Crippen molar-refractivity contribution in [3.05, 3.63) is 16.1 Å². The molecule has 1 rings (SSSR count). The Morgan fingerprint density at radius 3 is 2.52 bits per heavy atom. The van der Waals surface area contributed by atoms with Gasteiger partial charge < -0.3 is 15.3 Å². The molecule has 0 fully saturated rings. The molecular weight excluding hydrogens is 290 g/mol. The van der Waals surface area contributed by atoms with Crippen LogP contribution in [-0.4, -0.2) is 46.1 Å². The van der Waals surface area contributed by atoms with E-state index in [1.54, 1.807) is 4.90 Å². The first-order valence-corrected chi connectivity index (χ1v) is 7.91. The predicted molar refractivity (Wildman–Crippen MR) is 82.9 cm³/mol. The van der Waals surface area contributed by atoms with Crippen LogP contribution in [0.2, 0.25) is 0 Å². The molecule has 21 heavy (non-hydrogen) atoms. The van der Waals surface area contributed by atoms with Crippen LogP contribution in [-0.2, 0) is 6.42 Å². The van der Waals surface area contributed by atoms with Crippen molar-refractivity contribution in [1.29, 1.82) is 0 Å². The molecule has 1 aromatic rings. The quantitative estimate of drug-likeness (QED) is 0.810. The smallest absolute Gasteiger partial charge is 0.355 e. The van der Waals surface area contributed by atoms with Crippen molar-refractivity contribution in [3.63, 3.8) is 0 Å². The van der Waals surface area contributed by atoms with E-state index in [1.807, 2.05) is 13.8 Å². The maximum absolute atomic E-state index is 12.1. The van der Waals surface area contributed by atoms with E-state index in [2.05, 4.69) is 24.1 Å². The van der Waals surface area contributed by atoms with Gasteiger partial charge >= 0.3 is 12.0 Å². The van der Waals surface area contributed by atoms with Gasteiger partial charge in [-0.1, -0.05) is 13.8 Å². The minimum Gasteiger partial charge on any atom is -0.476 e. The van der Waals surface area contributed by atoms with Crippen molar-refractivity contribution in [2.45, 2.75) is 40.2 Å². The van der Waals surface area contributed by atoms with Crippen LogP contribution in [0, 0.1) is 5.92 Å². The molecule has 0 aliphatic carbocycles. The minimum absolute atomic E-state index is 0.0601. The third-order valence-electron chi connectivity index (χ3n) is 2.83. The Morgan fingerprint density at radius 1 is 1.38 bits per heavy atom. The molecule has 0 aliphatic heterocycles. The van der Waals surface area contributed by atoms with Crippen molar-refractivity contribution < 1.29 is 14.7 Å². The number of aromatic nitrogens is 1. The fourth-order valence-electron chi connectivity index (χ4n) is 1.82. The molecular formula is C14H23N3O3S. The van der Waals surface area contributed by atoms with Gasteiger partial charge in [0, 0.05) is 30.9 Å². The van der Waals surface area contributed by atoms with Gasteiger partial charge in [0.25, 0.3) is 0 Å². The Labute approximate surface area is 129 Å². The van der Waals surface area contributed by atoms with Gasteiger partial charge in [-0.2, -0.15) is 0 Å². The molecule has 0 spiro atoms. The van der Waals surface area contributed by atoms with E-state index >= 15 is 0 Å². The lowest BCUT2D eigenvalue weighted by Crippen LogP contribution is -2.46. The molecule has 118 valence electrons. The lowest BCUT2D eigenvalue weighted by atomic mass is 10.2. The zero-order valence-electron chi connectivity index (χ0n) is 12.9. The number of aromatic carboxylic acids is 1. The van der Waals surface area contributed by atoms with E-state index < -0.39 is 5.97 Å². The van der Waals surface area contributed by atoms with Gasteiger partial charge in [-0.05, 0) is 19.8 Å². The van der Waals surface area contributed by atoms with E-state index in [9.17, 15) is 9.59 Å². The van der Waals surface area contributed by atoms with Crippen molar-refractivity contribution in [3.8, 4) is 0 Å². The molecule has 1 aromatic heterocycles. The average Bonchev–Trinajstić information content (AvgIpc) is 2.84. The standard InChI is InChI=1S/C14H23N3O3S/c1-9(2)7-17(10(3)4)14(20)15-6-5-12-16-11(8-21-12)13(18)19/h8-10H,5-7H2,1-4H3,(H,15,20)(H,18,19). The number of rotatable bonds is 7. The summed E-state index contributed by atoms with van der Waals surface area (Å²) in [4.78, 5) is 28.6. The Hall–Kier alpha value is -1.63. The monoisotopic (exact) mass is 313 g/mol. The van der Waals surface area contributed by atoms with Gasteiger partial charge in [0.15, 0.2) is 5.69 Å². The molecule has 0 bridgehead atoms. The van der Waals surface area contributed by atoms with Gasteiger partial charge in [-0.15, -0.1) is 11.3 Å². The Morgan fingerprint density at radius 2 is 2.05 bits per heavy atom. The lowest BCUT2D eigenvalue weighted by molar-refractivity contribution is 0.0691. The molecule has 0 atom stereocenters. The second-order valence-electron chi connectivity index (χ2n) is 5.55. The minimum atomic E-state index is -1.02. The van der Waals surface area contributed by atoms with Crippen LogP contribution in [0.5, 0.6) is 0 Å². The van der Waals surface area contributed by atoms with Gasteiger partial charge in [0.1, 0.15) is 0 Å². The number of amides is 2. The molecule has 7 heteroatoms. The summed E-state index contributed by atoms with van der Waals surface area (Å²) < 4.78 is 0. The molecule has 0 aliphatic rings. The highest BCUT2D eigenvalue weighted by Crippen LogP contribution is 2.10. The third-order valence-corrected chi connectivity index (χ3v) is 3.74. The summed E-state index contributed by atoms with van der Waals surface area (Å²) in [6.45, 7) is 9.29. The first-order chi connectivity index (χ1) is 9.81. The number of hydrogen-bond acceptors (Lipinski definition) is 4. The van der Waals surface area contributed by atoms with E-state index in [0.717, 1.165) is 0 Å². The first kappa shape index (κ1) is 17.4. The molecule has 0 unspecified atom stereocenters. The SMILES string of the molecule is CC(C)CN(C(=O)NCCc1nc(C(=O)O)cs1)C(C)C. The summed E-state index contributed by atoms with van der Waals surface area (Å²) in [5, 5.41) is 13.9. The number of carboxylic acids is 1. The van der Waals surface area contributed by atoms with Crippen molar-refractivity contribution in [2.24, 2.45) is 5.92 Å². The van der Waals surface area contributed by atoms with Crippen molar-refractivity contribution in [2.75, 3.05) is 13.1 Å². The second kappa shape index (κ2) is 7.97. The summed E-state index contributed by atoms with van der Waals surface area (Å²) in [7, 11) is 0. The van der Waals surface area contributed by atoms with Crippen LogP contribution in [0.15, 0.2) is 5.38 Å². The largest absolute Gasteiger partial charge is 0.476 e. The second-order valence-corrected chi connectivity index (χ2v) is 6.50. The number of urea groups is 1. The van der Waals surface area contributed by atoms with Gasteiger partial charge in [-0.25, -0.2) is 14.6 Å². The fourth-order valence-corrected chi connectivity index (χ4v) is 2.60. The summed E-state index contributed by atoms with van der Waals surface area (Å²) in [5.74, 6) is -0.611. The average molecular weight is 313 g/mol. The van der Waals surface area contributed by atoms with Gasteiger partial charge in [0.05, 0.1) is 5.01 Å². The predicted octanol–water partition coefficient (Wildman–Crippen LogP) is 2.46. The number of carbonyl (C=O) groups excluding carboxylic acids is 1. The number of thiazole rings is 1. The normalized spacial score (nSPS) is 11.0. The van der Waals surface area contributed by atoms with E-state index in [1.165, 1.54) is 16.7 Å². The Bertz CT molecular complexity index is 486. The van der Waals surface area contributed by atoms with E-state index in [4.69, 9.17) is 5.11 Å². The molecule has 2 N–H and O–H groups in total. The van der Waals surface area contributed by atoms with Crippen LogP contribution in [0.4, 0.5) is 4.79 Å². The zero-order chi connectivity index (χ0) is 16.0. The number of carbonyl (C=O) groups is 2. The van der Waals surface area contributed by atoms with Crippen molar-refractivity contribution in [1.82, 2.24) is 15.2 Å². The van der Waals surface area contributed by atoms with E-state index in [0.29, 0.717) is 30.4 Å². The van der Waals surface area contributed by atoms with E-state index in [-0.39, 0.29) is 17.8 Å². The molecule has 2 amide bonds. The maximum atomic E-state index is 12.1. The van der Waals surface area contributed by atoms with Crippen LogP contribution in [0.25, 0.3) is 0 Å². The fraction of sp³-hybridized carbons (Fsp3) is 0.643. The van der Waals surface area contributed by atoms with Crippen LogP contribution in [0.3, 0.4) is 0 Å². The molecule has 0 aromatic carbocycles. The third kappa shape index (κ3) is 5.71. The summed E-state index contributed by atoms with van der Waals surface area (Å²) in [5.41, 5.74) is 0.0601. The van der Waals surface area contributed by atoms with Crippen molar-refractivity contribution >= 4 is 23.3 Å². The topological polar surface area (TPSA) is 82.5 Å². The highest BCUT2D eigenvalue weighted by atomic mass is 32.1. The maximum Gasteiger partial charge on any atom is 0.355 e. The van der Waals surface area contributed by atoms with Crippen LogP contribution in [0.1, 0.15) is 43.2 Å². The number of hydrogen-bond donors (Lipinski definition) is 2.